The fourth-order valence-electron chi connectivity index (χ4n) is 3.56. The maximum absolute atomic E-state index is 11.4. The monoisotopic (exact) mass is 491 g/mol. The SMILES string of the molecule is CCC(C)N1CC(O)Cc2cc(N=Nc3c(Br)cc([N+](=O)[O-])cc3[N+](=O)[O-])c(C)cc21. The van der Waals surface area contributed by atoms with E-state index in [1.807, 2.05) is 19.1 Å². The maximum Gasteiger partial charge on any atom is 0.304 e. The van der Waals surface area contributed by atoms with Gasteiger partial charge in [-0.15, -0.1) is 10.2 Å². The number of nitro groups is 2. The number of hydrogen-bond acceptors (Lipinski definition) is 8. The van der Waals surface area contributed by atoms with Crippen molar-refractivity contribution in [3.05, 3.63) is 60.1 Å². The smallest absolute Gasteiger partial charge is 0.304 e. The number of aliphatic hydroxyl groups is 1. The molecule has 0 bridgehead atoms. The van der Waals surface area contributed by atoms with Crippen LogP contribution in [-0.4, -0.2) is 33.6 Å². The lowest BCUT2D eigenvalue weighted by molar-refractivity contribution is -0.393. The summed E-state index contributed by atoms with van der Waals surface area (Å²) in [6.07, 6.45) is 0.913. The van der Waals surface area contributed by atoms with Crippen LogP contribution in [0.5, 0.6) is 0 Å². The molecular formula is C20H22BrN5O5. The third-order valence-corrected chi connectivity index (χ3v) is 5.99. The summed E-state index contributed by atoms with van der Waals surface area (Å²) in [5.74, 6) is 0. The molecule has 0 saturated carbocycles. The summed E-state index contributed by atoms with van der Waals surface area (Å²) in [5.41, 5.74) is 2.27. The van der Waals surface area contributed by atoms with Gasteiger partial charge in [0.25, 0.3) is 5.69 Å². The van der Waals surface area contributed by atoms with E-state index in [1.54, 1.807) is 0 Å². The van der Waals surface area contributed by atoms with Crippen molar-refractivity contribution in [3.8, 4) is 0 Å². The molecule has 2 unspecified atom stereocenters. The van der Waals surface area contributed by atoms with Crippen molar-refractivity contribution in [2.75, 3.05) is 11.4 Å². The molecule has 1 N–H and O–H groups in total. The fourth-order valence-corrected chi connectivity index (χ4v) is 4.08. The van der Waals surface area contributed by atoms with Crippen molar-refractivity contribution < 1.29 is 15.0 Å². The van der Waals surface area contributed by atoms with Crippen LogP contribution in [0.15, 0.2) is 39.0 Å². The molecule has 0 amide bonds. The van der Waals surface area contributed by atoms with Crippen molar-refractivity contribution in [3.63, 3.8) is 0 Å². The number of nitro benzene ring substituents is 2. The molecule has 0 saturated heterocycles. The lowest BCUT2D eigenvalue weighted by atomic mass is 9.95. The average molecular weight is 492 g/mol. The minimum Gasteiger partial charge on any atom is -0.391 e. The van der Waals surface area contributed by atoms with Gasteiger partial charge >= 0.3 is 5.69 Å². The molecule has 0 spiro atoms. The second-order valence-electron chi connectivity index (χ2n) is 7.54. The van der Waals surface area contributed by atoms with Crippen molar-refractivity contribution in [2.45, 2.75) is 45.8 Å². The summed E-state index contributed by atoms with van der Waals surface area (Å²) in [4.78, 5) is 23.2. The van der Waals surface area contributed by atoms with E-state index in [4.69, 9.17) is 0 Å². The van der Waals surface area contributed by atoms with Gasteiger partial charge in [0, 0.05) is 30.8 Å². The van der Waals surface area contributed by atoms with Gasteiger partial charge in [-0.1, -0.05) is 6.92 Å². The second-order valence-corrected chi connectivity index (χ2v) is 8.40. The first-order valence-electron chi connectivity index (χ1n) is 9.74. The zero-order valence-electron chi connectivity index (χ0n) is 17.3. The van der Waals surface area contributed by atoms with E-state index in [0.29, 0.717) is 18.7 Å². The molecule has 31 heavy (non-hydrogen) atoms. The molecule has 1 aliphatic rings. The normalized spacial score (nSPS) is 16.9. The molecule has 3 rings (SSSR count). The van der Waals surface area contributed by atoms with Crippen LogP contribution < -0.4 is 4.90 Å². The van der Waals surface area contributed by atoms with Gasteiger partial charge in [-0.3, -0.25) is 20.2 Å². The number of fused-ring (bicyclic) bond motifs is 1. The Balaban J connectivity index is 2.04. The number of halogens is 1. The Hall–Kier alpha value is -2.92. The van der Waals surface area contributed by atoms with Gasteiger partial charge in [-0.2, -0.15) is 0 Å². The van der Waals surface area contributed by atoms with Gasteiger partial charge in [-0.25, -0.2) is 0 Å². The van der Waals surface area contributed by atoms with E-state index < -0.39 is 27.3 Å². The molecule has 0 fully saturated rings. The van der Waals surface area contributed by atoms with Crippen LogP contribution in [0.25, 0.3) is 0 Å². The first-order valence-corrected chi connectivity index (χ1v) is 10.5. The first-order chi connectivity index (χ1) is 14.6. The molecule has 2 atom stereocenters. The highest BCUT2D eigenvalue weighted by atomic mass is 79.9. The highest BCUT2D eigenvalue weighted by molar-refractivity contribution is 9.10. The van der Waals surface area contributed by atoms with E-state index in [2.05, 4.69) is 44.9 Å². The Morgan fingerprint density at radius 2 is 1.94 bits per heavy atom. The van der Waals surface area contributed by atoms with E-state index in [0.717, 1.165) is 35.4 Å². The number of azo groups is 1. The van der Waals surface area contributed by atoms with Crippen molar-refractivity contribution >= 4 is 44.4 Å². The quantitative estimate of drug-likeness (QED) is 0.321. The van der Waals surface area contributed by atoms with Crippen LogP contribution >= 0.6 is 15.9 Å². The van der Waals surface area contributed by atoms with Crippen LogP contribution in [0, 0.1) is 27.2 Å². The van der Waals surface area contributed by atoms with Gasteiger partial charge < -0.3 is 10.0 Å². The third-order valence-electron chi connectivity index (χ3n) is 5.39. The van der Waals surface area contributed by atoms with E-state index in [9.17, 15) is 25.3 Å². The predicted octanol–water partition coefficient (Wildman–Crippen LogP) is 5.51. The van der Waals surface area contributed by atoms with Crippen molar-refractivity contribution in [1.29, 1.82) is 0 Å². The van der Waals surface area contributed by atoms with E-state index in [-0.39, 0.29) is 16.2 Å². The van der Waals surface area contributed by atoms with Crippen LogP contribution in [0.2, 0.25) is 0 Å². The Labute approximate surface area is 187 Å². The molecule has 0 aromatic heterocycles. The average Bonchev–Trinajstić information content (AvgIpc) is 2.71. The molecule has 2 aromatic carbocycles. The predicted molar refractivity (Wildman–Crippen MR) is 120 cm³/mol. The number of β-amino-alcohol motifs (C(OH)–C–C–N with tert-alkyl or cyclic N) is 1. The van der Waals surface area contributed by atoms with Gasteiger partial charge in [0.05, 0.1) is 32.2 Å². The number of aryl methyl sites for hydroxylation is 1. The fraction of sp³-hybridized carbons (Fsp3) is 0.400. The van der Waals surface area contributed by atoms with Crippen LogP contribution in [0.3, 0.4) is 0 Å². The van der Waals surface area contributed by atoms with Crippen molar-refractivity contribution in [2.24, 2.45) is 10.2 Å². The minimum atomic E-state index is -0.730. The minimum absolute atomic E-state index is 0.103. The molecule has 11 heteroatoms. The molecular weight excluding hydrogens is 470 g/mol. The zero-order valence-corrected chi connectivity index (χ0v) is 18.9. The maximum atomic E-state index is 11.4. The van der Waals surface area contributed by atoms with Gasteiger partial charge in [-0.05, 0) is 59.5 Å². The Morgan fingerprint density at radius 1 is 1.23 bits per heavy atom. The molecule has 0 radical (unpaired) electrons. The number of aliphatic hydroxyl groups excluding tert-OH is 1. The van der Waals surface area contributed by atoms with Crippen LogP contribution in [0.4, 0.5) is 28.4 Å². The standard InChI is InChI=1S/C20H22BrN5O5/c1-4-12(3)24-10-15(27)6-13-7-17(11(2)5-18(13)24)22-23-20-16(21)8-14(25(28)29)9-19(20)26(30)31/h5,7-9,12,15,27H,4,6,10H2,1-3H3. The Morgan fingerprint density at radius 3 is 2.55 bits per heavy atom. The lowest BCUT2D eigenvalue weighted by Gasteiger charge is -2.38. The largest absolute Gasteiger partial charge is 0.391 e. The number of benzene rings is 2. The van der Waals surface area contributed by atoms with Crippen LogP contribution in [0.1, 0.15) is 31.4 Å². The summed E-state index contributed by atoms with van der Waals surface area (Å²) in [6, 6.07) is 6.10. The number of anilines is 1. The Kier molecular flexibility index (Phi) is 6.65. The topological polar surface area (TPSA) is 134 Å². The molecule has 1 aliphatic heterocycles. The van der Waals surface area contributed by atoms with Crippen molar-refractivity contribution in [1.82, 2.24) is 0 Å². The second kappa shape index (κ2) is 9.06. The van der Waals surface area contributed by atoms with Gasteiger partial charge in [0.2, 0.25) is 0 Å². The van der Waals surface area contributed by atoms with Gasteiger partial charge in [0.1, 0.15) is 0 Å². The molecule has 1 heterocycles. The summed E-state index contributed by atoms with van der Waals surface area (Å²) in [6.45, 7) is 6.63. The highest BCUT2D eigenvalue weighted by Crippen LogP contribution is 2.41. The lowest BCUT2D eigenvalue weighted by Crippen LogP contribution is -2.43. The molecule has 0 aliphatic carbocycles. The molecule has 10 nitrogen and oxygen atoms in total. The highest BCUT2D eigenvalue weighted by Gasteiger charge is 2.27. The Bertz CT molecular complexity index is 1070. The number of nitrogens with zero attached hydrogens (tertiary/aromatic N) is 5. The zero-order chi connectivity index (χ0) is 22.9. The van der Waals surface area contributed by atoms with Crippen LogP contribution in [-0.2, 0) is 6.42 Å². The molecule has 164 valence electrons. The molecule has 2 aromatic rings. The first kappa shape index (κ1) is 22.8. The summed E-state index contributed by atoms with van der Waals surface area (Å²) in [7, 11) is 0. The number of rotatable bonds is 6. The van der Waals surface area contributed by atoms with E-state index in [1.165, 1.54) is 0 Å². The third kappa shape index (κ3) is 4.72. The number of hydrogen-bond donors (Lipinski definition) is 1. The summed E-state index contributed by atoms with van der Waals surface area (Å²) in [5, 5.41) is 41.0. The number of non-ortho nitro benzene ring substituents is 1. The summed E-state index contributed by atoms with van der Waals surface area (Å²) < 4.78 is 0.103. The van der Waals surface area contributed by atoms with E-state index >= 15 is 0 Å². The van der Waals surface area contributed by atoms with Gasteiger partial charge in [0.15, 0.2) is 5.69 Å². The summed E-state index contributed by atoms with van der Waals surface area (Å²) >= 11 is 3.12.